The number of rotatable bonds is 2. The maximum absolute atomic E-state index is 13.0. The number of nitrogens with zero attached hydrogens (tertiary/aromatic N) is 1. The predicted molar refractivity (Wildman–Crippen MR) is 66.1 cm³/mol. The third-order valence-corrected chi connectivity index (χ3v) is 3.40. The Bertz CT molecular complexity index is 365. The smallest absolute Gasteiger partial charge is 0.125 e. The molecule has 2 rings (SSSR count). The predicted octanol–water partition coefficient (Wildman–Crippen LogP) is 3.18. The molecular formula is C13H19FN2. The van der Waals surface area contributed by atoms with Crippen molar-refractivity contribution in [3.63, 3.8) is 0 Å². The van der Waals surface area contributed by atoms with Crippen molar-refractivity contribution in [2.45, 2.75) is 38.6 Å². The van der Waals surface area contributed by atoms with Gasteiger partial charge < -0.3 is 10.6 Å². The van der Waals surface area contributed by atoms with E-state index in [1.54, 1.807) is 6.07 Å². The molecule has 0 bridgehead atoms. The van der Waals surface area contributed by atoms with Crippen molar-refractivity contribution in [1.29, 1.82) is 0 Å². The number of anilines is 2. The molecule has 1 atom stereocenters. The van der Waals surface area contributed by atoms with Crippen LogP contribution in [0, 0.1) is 5.82 Å². The first-order chi connectivity index (χ1) is 7.72. The van der Waals surface area contributed by atoms with Crippen LogP contribution in [0.3, 0.4) is 0 Å². The number of nitrogens with two attached hydrogens (primary N) is 1. The van der Waals surface area contributed by atoms with E-state index in [0.29, 0.717) is 11.7 Å². The van der Waals surface area contributed by atoms with Crippen LogP contribution in [0.4, 0.5) is 15.8 Å². The van der Waals surface area contributed by atoms with Crippen LogP contribution in [0.5, 0.6) is 0 Å². The Hall–Kier alpha value is -1.25. The second-order valence-corrected chi connectivity index (χ2v) is 4.45. The van der Waals surface area contributed by atoms with Crippen molar-refractivity contribution in [3.05, 3.63) is 24.0 Å². The van der Waals surface area contributed by atoms with Crippen LogP contribution in [0.25, 0.3) is 0 Å². The summed E-state index contributed by atoms with van der Waals surface area (Å²) in [5.41, 5.74) is 7.44. The highest BCUT2D eigenvalue weighted by molar-refractivity contribution is 5.68. The van der Waals surface area contributed by atoms with Crippen LogP contribution in [-0.2, 0) is 0 Å². The molecule has 1 aliphatic rings. The van der Waals surface area contributed by atoms with Gasteiger partial charge in [-0.05, 0) is 43.9 Å². The van der Waals surface area contributed by atoms with Crippen LogP contribution in [0.1, 0.15) is 32.6 Å². The molecule has 1 heterocycles. The zero-order valence-electron chi connectivity index (χ0n) is 9.75. The summed E-state index contributed by atoms with van der Waals surface area (Å²) in [7, 11) is 0. The molecule has 1 fully saturated rings. The first-order valence-electron chi connectivity index (χ1n) is 6.04. The van der Waals surface area contributed by atoms with Gasteiger partial charge in [-0.25, -0.2) is 4.39 Å². The van der Waals surface area contributed by atoms with Crippen LogP contribution < -0.4 is 10.6 Å². The van der Waals surface area contributed by atoms with Crippen molar-refractivity contribution >= 4 is 11.4 Å². The van der Waals surface area contributed by atoms with E-state index < -0.39 is 0 Å². The molecule has 0 spiro atoms. The summed E-state index contributed by atoms with van der Waals surface area (Å²) < 4.78 is 13.0. The zero-order valence-corrected chi connectivity index (χ0v) is 9.75. The van der Waals surface area contributed by atoms with Gasteiger partial charge in [-0.1, -0.05) is 6.92 Å². The van der Waals surface area contributed by atoms with Crippen molar-refractivity contribution in [2.75, 3.05) is 17.2 Å². The molecule has 1 aromatic rings. The molecule has 16 heavy (non-hydrogen) atoms. The summed E-state index contributed by atoms with van der Waals surface area (Å²) in [6.07, 6.45) is 4.83. The third-order valence-electron chi connectivity index (χ3n) is 3.40. The van der Waals surface area contributed by atoms with Gasteiger partial charge >= 0.3 is 0 Å². The molecule has 0 unspecified atom stereocenters. The minimum absolute atomic E-state index is 0.258. The Morgan fingerprint density at radius 3 is 2.94 bits per heavy atom. The SMILES string of the molecule is CC[C@@H]1CCCCN1c1ccc(F)cc1N. The molecule has 1 aliphatic heterocycles. The number of hydrogen-bond donors (Lipinski definition) is 1. The molecule has 0 aliphatic carbocycles. The minimum Gasteiger partial charge on any atom is -0.397 e. The Labute approximate surface area is 96.2 Å². The fraction of sp³-hybridized carbons (Fsp3) is 0.538. The summed E-state index contributed by atoms with van der Waals surface area (Å²) in [6.45, 7) is 3.23. The molecule has 3 heteroatoms. The third kappa shape index (κ3) is 2.13. The lowest BCUT2D eigenvalue weighted by atomic mass is 9.99. The number of benzene rings is 1. The van der Waals surface area contributed by atoms with E-state index in [1.165, 1.54) is 31.4 Å². The van der Waals surface area contributed by atoms with Crippen molar-refractivity contribution in [2.24, 2.45) is 0 Å². The molecule has 2 N–H and O–H groups in total. The minimum atomic E-state index is -0.258. The van der Waals surface area contributed by atoms with E-state index in [2.05, 4.69) is 11.8 Å². The van der Waals surface area contributed by atoms with E-state index in [0.717, 1.165) is 18.7 Å². The average molecular weight is 222 g/mol. The lowest BCUT2D eigenvalue weighted by Crippen LogP contribution is -2.39. The fourth-order valence-electron chi connectivity index (χ4n) is 2.53. The van der Waals surface area contributed by atoms with E-state index in [1.807, 2.05) is 0 Å². The van der Waals surface area contributed by atoms with E-state index in [-0.39, 0.29) is 5.82 Å². The van der Waals surface area contributed by atoms with Gasteiger partial charge in [-0.3, -0.25) is 0 Å². The number of nitrogen functional groups attached to an aromatic ring is 1. The Morgan fingerprint density at radius 2 is 2.25 bits per heavy atom. The van der Waals surface area contributed by atoms with Gasteiger partial charge in [0, 0.05) is 12.6 Å². The van der Waals surface area contributed by atoms with Crippen LogP contribution >= 0.6 is 0 Å². The Balaban J connectivity index is 2.27. The maximum atomic E-state index is 13.0. The molecular weight excluding hydrogens is 203 g/mol. The van der Waals surface area contributed by atoms with Crippen LogP contribution in [0.2, 0.25) is 0 Å². The van der Waals surface area contributed by atoms with Gasteiger partial charge in [0.2, 0.25) is 0 Å². The fourth-order valence-corrected chi connectivity index (χ4v) is 2.53. The van der Waals surface area contributed by atoms with Crippen molar-refractivity contribution in [1.82, 2.24) is 0 Å². The monoisotopic (exact) mass is 222 g/mol. The van der Waals surface area contributed by atoms with Gasteiger partial charge in [0.15, 0.2) is 0 Å². The summed E-state index contributed by atoms with van der Waals surface area (Å²) in [6, 6.07) is 5.27. The van der Waals surface area contributed by atoms with Gasteiger partial charge in [0.05, 0.1) is 11.4 Å². The highest BCUT2D eigenvalue weighted by Crippen LogP contribution is 2.31. The van der Waals surface area contributed by atoms with Gasteiger partial charge in [0.25, 0.3) is 0 Å². The second kappa shape index (κ2) is 4.73. The summed E-state index contributed by atoms with van der Waals surface area (Å²) in [4.78, 5) is 2.33. The summed E-state index contributed by atoms with van der Waals surface area (Å²) >= 11 is 0. The summed E-state index contributed by atoms with van der Waals surface area (Å²) in [5, 5.41) is 0. The first-order valence-corrected chi connectivity index (χ1v) is 6.04. The Kier molecular flexibility index (Phi) is 3.32. The van der Waals surface area contributed by atoms with E-state index in [4.69, 9.17) is 5.73 Å². The quantitative estimate of drug-likeness (QED) is 0.779. The lowest BCUT2D eigenvalue weighted by molar-refractivity contribution is 0.450. The largest absolute Gasteiger partial charge is 0.397 e. The van der Waals surface area contributed by atoms with Gasteiger partial charge in [0.1, 0.15) is 5.82 Å². The Morgan fingerprint density at radius 1 is 1.44 bits per heavy atom. The number of piperidine rings is 1. The lowest BCUT2D eigenvalue weighted by Gasteiger charge is -2.37. The number of halogens is 1. The number of hydrogen-bond acceptors (Lipinski definition) is 2. The molecule has 0 amide bonds. The maximum Gasteiger partial charge on any atom is 0.125 e. The van der Waals surface area contributed by atoms with Crippen molar-refractivity contribution in [3.8, 4) is 0 Å². The molecule has 0 radical (unpaired) electrons. The van der Waals surface area contributed by atoms with Crippen LogP contribution in [-0.4, -0.2) is 12.6 Å². The molecule has 1 aromatic carbocycles. The standard InChI is InChI=1S/C13H19FN2/c1-2-11-5-3-4-8-16(11)13-7-6-10(14)9-12(13)15/h6-7,9,11H,2-5,8,15H2,1H3/t11-/m1/s1. The van der Waals surface area contributed by atoms with E-state index in [9.17, 15) is 4.39 Å². The second-order valence-electron chi connectivity index (χ2n) is 4.45. The molecule has 0 saturated carbocycles. The van der Waals surface area contributed by atoms with Gasteiger partial charge in [-0.2, -0.15) is 0 Å². The molecule has 1 saturated heterocycles. The first kappa shape index (κ1) is 11.2. The average Bonchev–Trinajstić information content (AvgIpc) is 2.29. The molecule has 2 nitrogen and oxygen atoms in total. The highest BCUT2D eigenvalue weighted by Gasteiger charge is 2.22. The normalized spacial score (nSPS) is 21.1. The van der Waals surface area contributed by atoms with Crippen molar-refractivity contribution < 1.29 is 4.39 Å². The highest BCUT2D eigenvalue weighted by atomic mass is 19.1. The molecule has 88 valence electrons. The summed E-state index contributed by atoms with van der Waals surface area (Å²) in [5.74, 6) is -0.258. The molecule has 0 aromatic heterocycles. The van der Waals surface area contributed by atoms with Crippen LogP contribution in [0.15, 0.2) is 18.2 Å². The topological polar surface area (TPSA) is 29.3 Å². The van der Waals surface area contributed by atoms with Gasteiger partial charge in [-0.15, -0.1) is 0 Å². The van der Waals surface area contributed by atoms with E-state index >= 15 is 0 Å². The zero-order chi connectivity index (χ0) is 11.5.